The Morgan fingerprint density at radius 3 is 2.60 bits per heavy atom. The van der Waals surface area contributed by atoms with Gasteiger partial charge in [0, 0.05) is 24.7 Å². The summed E-state index contributed by atoms with van der Waals surface area (Å²) in [6.45, 7) is 3.82. The number of rotatable bonds is 5. The van der Waals surface area contributed by atoms with Crippen LogP contribution in [0.15, 0.2) is 0 Å². The lowest BCUT2D eigenvalue weighted by molar-refractivity contribution is 0.394. The molecule has 5 heteroatoms. The molecular weight excluding hydrogens is 212 g/mol. The molecule has 2 N–H and O–H groups in total. The van der Waals surface area contributed by atoms with E-state index < -0.39 is 9.84 Å². The second-order valence-electron chi connectivity index (χ2n) is 5.06. The van der Waals surface area contributed by atoms with Gasteiger partial charge in [-0.15, -0.1) is 0 Å². The molecule has 1 aliphatic carbocycles. The molecular formula is C10H20N2O2S. The van der Waals surface area contributed by atoms with Crippen molar-refractivity contribution in [2.24, 2.45) is 0 Å². The van der Waals surface area contributed by atoms with E-state index in [0.29, 0.717) is 11.5 Å². The average Bonchev–Trinajstić information content (AvgIpc) is 2.89. The van der Waals surface area contributed by atoms with Gasteiger partial charge in [-0.25, -0.2) is 8.42 Å². The van der Waals surface area contributed by atoms with E-state index in [0.717, 1.165) is 25.6 Å². The van der Waals surface area contributed by atoms with Crippen molar-refractivity contribution in [3.63, 3.8) is 0 Å². The molecule has 4 nitrogen and oxygen atoms in total. The van der Waals surface area contributed by atoms with Crippen molar-refractivity contribution in [1.82, 2.24) is 10.6 Å². The highest BCUT2D eigenvalue weighted by atomic mass is 32.2. The smallest absolute Gasteiger partial charge is 0.152 e. The van der Waals surface area contributed by atoms with Crippen LogP contribution < -0.4 is 10.6 Å². The first-order chi connectivity index (χ1) is 6.99. The summed E-state index contributed by atoms with van der Waals surface area (Å²) in [7, 11) is -2.78. The largest absolute Gasteiger partial charge is 0.313 e. The van der Waals surface area contributed by atoms with Crippen LogP contribution in [0.25, 0.3) is 0 Å². The summed E-state index contributed by atoms with van der Waals surface area (Å²) in [5, 5.41) is 6.76. The molecule has 1 saturated carbocycles. The van der Waals surface area contributed by atoms with Crippen LogP contribution in [-0.4, -0.2) is 44.6 Å². The predicted molar refractivity (Wildman–Crippen MR) is 60.7 cm³/mol. The summed E-state index contributed by atoms with van der Waals surface area (Å²) in [5.74, 6) is 0.635. The zero-order valence-corrected chi connectivity index (χ0v) is 10.1. The van der Waals surface area contributed by atoms with Crippen LogP contribution in [0.1, 0.15) is 26.2 Å². The number of nitrogens with one attached hydrogen (secondary N) is 2. The van der Waals surface area contributed by atoms with Gasteiger partial charge in [-0.3, -0.25) is 0 Å². The minimum atomic E-state index is -2.78. The Kier molecular flexibility index (Phi) is 3.05. The van der Waals surface area contributed by atoms with Gasteiger partial charge in [0.1, 0.15) is 0 Å². The molecule has 15 heavy (non-hydrogen) atoms. The van der Waals surface area contributed by atoms with Crippen molar-refractivity contribution in [2.75, 3.05) is 24.6 Å². The molecule has 0 spiro atoms. The van der Waals surface area contributed by atoms with Crippen molar-refractivity contribution in [3.8, 4) is 0 Å². The van der Waals surface area contributed by atoms with E-state index >= 15 is 0 Å². The summed E-state index contributed by atoms with van der Waals surface area (Å²) >= 11 is 0. The molecule has 2 aliphatic rings. The molecule has 1 saturated heterocycles. The molecule has 0 aromatic carbocycles. The van der Waals surface area contributed by atoms with Crippen LogP contribution in [-0.2, 0) is 9.84 Å². The van der Waals surface area contributed by atoms with Crippen molar-refractivity contribution >= 4 is 9.84 Å². The number of hydrogen-bond donors (Lipinski definition) is 2. The Bertz CT molecular complexity index is 324. The first-order valence-electron chi connectivity index (χ1n) is 5.68. The van der Waals surface area contributed by atoms with Gasteiger partial charge in [0.2, 0.25) is 0 Å². The maximum atomic E-state index is 11.3. The summed E-state index contributed by atoms with van der Waals surface area (Å²) in [5.41, 5.74) is -0.190. The summed E-state index contributed by atoms with van der Waals surface area (Å²) in [4.78, 5) is 0. The van der Waals surface area contributed by atoms with E-state index in [1.165, 1.54) is 12.8 Å². The lowest BCUT2D eigenvalue weighted by atomic mass is 10.0. The van der Waals surface area contributed by atoms with E-state index in [2.05, 4.69) is 10.6 Å². The second kappa shape index (κ2) is 4.03. The Hall–Kier alpha value is -0.130. The third-order valence-corrected chi connectivity index (χ3v) is 5.09. The molecule has 88 valence electrons. The molecule has 2 rings (SSSR count). The maximum absolute atomic E-state index is 11.3. The first kappa shape index (κ1) is 11.4. The quantitative estimate of drug-likeness (QED) is 0.650. The molecule has 0 radical (unpaired) electrons. The van der Waals surface area contributed by atoms with Crippen LogP contribution in [0.4, 0.5) is 0 Å². The van der Waals surface area contributed by atoms with E-state index in [1.54, 1.807) is 0 Å². The third-order valence-electron chi connectivity index (χ3n) is 3.19. The summed E-state index contributed by atoms with van der Waals surface area (Å²) < 4.78 is 22.7. The fourth-order valence-electron chi connectivity index (χ4n) is 2.08. The van der Waals surface area contributed by atoms with Crippen molar-refractivity contribution in [1.29, 1.82) is 0 Å². The third kappa shape index (κ3) is 3.43. The lowest BCUT2D eigenvalue weighted by Gasteiger charge is -2.24. The number of sulfone groups is 1. The minimum Gasteiger partial charge on any atom is -0.313 e. The van der Waals surface area contributed by atoms with E-state index in [1.807, 2.05) is 6.92 Å². The zero-order chi connectivity index (χ0) is 10.9. The topological polar surface area (TPSA) is 58.2 Å². The van der Waals surface area contributed by atoms with Crippen LogP contribution >= 0.6 is 0 Å². The standard InChI is InChI=1S/C10H20N2O2S/c1-10(4-7-15(13,14)8-10)12-6-5-11-9-2-3-9/h9,11-12H,2-8H2,1H3. The van der Waals surface area contributed by atoms with Gasteiger partial charge in [0.25, 0.3) is 0 Å². The fraction of sp³-hybridized carbons (Fsp3) is 1.00. The highest BCUT2D eigenvalue weighted by Gasteiger charge is 2.37. The Balaban J connectivity index is 1.69. The highest BCUT2D eigenvalue weighted by Crippen LogP contribution is 2.22. The maximum Gasteiger partial charge on any atom is 0.152 e. The Morgan fingerprint density at radius 1 is 1.33 bits per heavy atom. The van der Waals surface area contributed by atoms with E-state index in [-0.39, 0.29) is 5.54 Å². The SMILES string of the molecule is CC1(NCCNC2CC2)CCS(=O)(=O)C1. The summed E-state index contributed by atoms with van der Waals surface area (Å²) in [6, 6.07) is 0.729. The fourth-order valence-corrected chi connectivity index (χ4v) is 4.20. The summed E-state index contributed by atoms with van der Waals surface area (Å²) in [6.07, 6.45) is 3.34. The second-order valence-corrected chi connectivity index (χ2v) is 7.24. The Morgan fingerprint density at radius 2 is 2.07 bits per heavy atom. The first-order valence-corrected chi connectivity index (χ1v) is 7.50. The molecule has 1 aliphatic heterocycles. The van der Waals surface area contributed by atoms with Crippen LogP contribution in [0.5, 0.6) is 0 Å². The molecule has 2 fully saturated rings. The molecule has 1 atom stereocenters. The lowest BCUT2D eigenvalue weighted by Crippen LogP contribution is -2.46. The van der Waals surface area contributed by atoms with Gasteiger partial charge < -0.3 is 10.6 Å². The van der Waals surface area contributed by atoms with E-state index in [9.17, 15) is 8.42 Å². The highest BCUT2D eigenvalue weighted by molar-refractivity contribution is 7.91. The zero-order valence-electron chi connectivity index (χ0n) is 9.25. The molecule has 1 unspecified atom stereocenters. The van der Waals surface area contributed by atoms with Crippen LogP contribution in [0, 0.1) is 0 Å². The van der Waals surface area contributed by atoms with Gasteiger partial charge in [-0.2, -0.15) is 0 Å². The van der Waals surface area contributed by atoms with Crippen molar-refractivity contribution in [3.05, 3.63) is 0 Å². The molecule has 1 heterocycles. The average molecular weight is 232 g/mol. The van der Waals surface area contributed by atoms with Gasteiger partial charge in [-0.1, -0.05) is 0 Å². The number of hydrogen-bond acceptors (Lipinski definition) is 4. The normalized spacial score (nSPS) is 34.5. The van der Waals surface area contributed by atoms with Crippen molar-refractivity contribution < 1.29 is 8.42 Å². The molecule has 0 bridgehead atoms. The Labute approximate surface area is 91.7 Å². The van der Waals surface area contributed by atoms with Crippen LogP contribution in [0.3, 0.4) is 0 Å². The van der Waals surface area contributed by atoms with E-state index in [4.69, 9.17) is 0 Å². The van der Waals surface area contributed by atoms with Gasteiger partial charge in [-0.05, 0) is 26.2 Å². The van der Waals surface area contributed by atoms with Crippen LogP contribution in [0.2, 0.25) is 0 Å². The van der Waals surface area contributed by atoms with Gasteiger partial charge in [0.05, 0.1) is 11.5 Å². The van der Waals surface area contributed by atoms with Gasteiger partial charge >= 0.3 is 0 Å². The van der Waals surface area contributed by atoms with Gasteiger partial charge in [0.15, 0.2) is 9.84 Å². The van der Waals surface area contributed by atoms with Crippen molar-refractivity contribution in [2.45, 2.75) is 37.8 Å². The molecule has 0 aromatic heterocycles. The monoisotopic (exact) mass is 232 g/mol. The predicted octanol–water partition coefficient (Wildman–Crippen LogP) is -0.0948. The molecule has 0 amide bonds. The molecule has 0 aromatic rings. The minimum absolute atomic E-state index is 0.190.